The van der Waals surface area contributed by atoms with Crippen molar-refractivity contribution in [3.05, 3.63) is 47.8 Å². The molecule has 3 aromatic rings. The van der Waals surface area contributed by atoms with Crippen molar-refractivity contribution >= 4 is 11.7 Å². The van der Waals surface area contributed by atoms with Crippen LogP contribution in [0.2, 0.25) is 0 Å². The summed E-state index contributed by atoms with van der Waals surface area (Å²) in [4.78, 5) is 27.4. The molecule has 1 amide bonds. The Kier molecular flexibility index (Phi) is 5.78. The largest absolute Gasteiger partial charge is 0.444 e. The molecule has 1 atom stereocenters. The topological polar surface area (TPSA) is 96.4 Å². The predicted molar refractivity (Wildman–Crippen MR) is 115 cm³/mol. The number of amides is 1. The van der Waals surface area contributed by atoms with E-state index in [1.165, 1.54) is 18.5 Å². The Morgan fingerprint density at radius 1 is 1.31 bits per heavy atom. The van der Waals surface area contributed by atoms with Gasteiger partial charge in [0.2, 0.25) is 0 Å². The molecule has 1 fully saturated rings. The lowest BCUT2D eigenvalue weighted by atomic mass is 9.92. The Morgan fingerprint density at radius 2 is 2.12 bits per heavy atom. The maximum Gasteiger partial charge on any atom is 0.410 e. The van der Waals surface area contributed by atoms with E-state index in [0.717, 1.165) is 12.8 Å². The summed E-state index contributed by atoms with van der Waals surface area (Å²) < 4.78 is 20.8. The van der Waals surface area contributed by atoms with Crippen LogP contribution >= 0.6 is 0 Å². The van der Waals surface area contributed by atoms with Crippen LogP contribution < -0.4 is 0 Å². The van der Waals surface area contributed by atoms with E-state index in [2.05, 4.69) is 21.0 Å². The summed E-state index contributed by atoms with van der Waals surface area (Å²) in [5.41, 5.74) is 1.58. The highest BCUT2D eigenvalue weighted by Crippen LogP contribution is 2.25. The van der Waals surface area contributed by atoms with E-state index in [1.807, 2.05) is 20.8 Å². The summed E-state index contributed by atoms with van der Waals surface area (Å²) in [7, 11) is 0. The molecule has 166 valence electrons. The lowest BCUT2D eigenvalue weighted by molar-refractivity contribution is 0.0165. The van der Waals surface area contributed by atoms with Gasteiger partial charge < -0.3 is 9.64 Å². The maximum atomic E-state index is 13.7. The van der Waals surface area contributed by atoms with Crippen LogP contribution in [-0.2, 0) is 11.2 Å². The number of pyridine rings is 1. The highest BCUT2D eigenvalue weighted by molar-refractivity contribution is 5.68. The summed E-state index contributed by atoms with van der Waals surface area (Å²) >= 11 is 0. The van der Waals surface area contributed by atoms with Crippen molar-refractivity contribution in [1.82, 2.24) is 24.3 Å². The van der Waals surface area contributed by atoms with Crippen molar-refractivity contribution in [2.75, 3.05) is 13.1 Å². The van der Waals surface area contributed by atoms with Crippen molar-refractivity contribution in [2.24, 2.45) is 5.92 Å². The van der Waals surface area contributed by atoms with Crippen molar-refractivity contribution in [1.29, 1.82) is 5.26 Å². The molecule has 4 heterocycles. The van der Waals surface area contributed by atoms with Crippen molar-refractivity contribution in [2.45, 2.75) is 45.6 Å². The third-order valence-corrected chi connectivity index (χ3v) is 5.34. The third-order valence-electron chi connectivity index (χ3n) is 5.34. The zero-order chi connectivity index (χ0) is 22.9. The number of fused-ring (bicyclic) bond motifs is 1. The van der Waals surface area contributed by atoms with Crippen LogP contribution in [0.25, 0.3) is 17.2 Å². The molecule has 0 aromatic carbocycles. The molecule has 0 saturated carbocycles. The van der Waals surface area contributed by atoms with E-state index < -0.39 is 11.4 Å². The van der Waals surface area contributed by atoms with Crippen LogP contribution in [-0.4, -0.2) is 49.0 Å². The van der Waals surface area contributed by atoms with Gasteiger partial charge in [-0.2, -0.15) is 5.26 Å². The minimum Gasteiger partial charge on any atom is -0.444 e. The minimum atomic E-state index is -0.549. The fraction of sp³-hybridized carbons (Fsp3) is 0.435. The highest BCUT2D eigenvalue weighted by Gasteiger charge is 2.28. The lowest BCUT2D eigenvalue weighted by Gasteiger charge is -2.34. The van der Waals surface area contributed by atoms with Crippen molar-refractivity contribution < 1.29 is 13.9 Å². The van der Waals surface area contributed by atoms with Crippen LogP contribution in [0.3, 0.4) is 0 Å². The zero-order valence-corrected chi connectivity index (χ0v) is 18.4. The monoisotopic (exact) mass is 436 g/mol. The smallest absolute Gasteiger partial charge is 0.410 e. The molecule has 8 nitrogen and oxygen atoms in total. The number of rotatable bonds is 3. The molecule has 32 heavy (non-hydrogen) atoms. The second kappa shape index (κ2) is 8.54. The van der Waals surface area contributed by atoms with E-state index in [0.29, 0.717) is 47.9 Å². The first-order chi connectivity index (χ1) is 15.2. The Bertz CT molecular complexity index is 1190. The summed E-state index contributed by atoms with van der Waals surface area (Å²) in [6.07, 6.45) is 6.40. The Morgan fingerprint density at radius 3 is 2.88 bits per heavy atom. The molecule has 1 saturated heterocycles. The normalized spacial score (nSPS) is 16.7. The summed E-state index contributed by atoms with van der Waals surface area (Å²) in [5, 5.41) is 9.56. The summed E-state index contributed by atoms with van der Waals surface area (Å²) in [6.45, 7) is 6.73. The Labute approximate surface area is 185 Å². The second-order valence-corrected chi connectivity index (χ2v) is 9.02. The lowest BCUT2D eigenvalue weighted by Crippen LogP contribution is -2.43. The molecular weight excluding hydrogens is 411 g/mol. The number of carbonyl (C=O) groups is 1. The van der Waals surface area contributed by atoms with Gasteiger partial charge in [0.1, 0.15) is 28.8 Å². The van der Waals surface area contributed by atoms with Crippen LogP contribution in [0.1, 0.15) is 44.9 Å². The SMILES string of the molecule is CC(C)(C)OC(=O)N1CCC[C@@H](Cc2nc(-c3cnc4ccc(F)cn34)ncc2C#N)C1. The van der Waals surface area contributed by atoms with Gasteiger partial charge in [0.05, 0.1) is 17.5 Å². The van der Waals surface area contributed by atoms with E-state index >= 15 is 0 Å². The number of imidazole rings is 1. The van der Waals surface area contributed by atoms with Gasteiger partial charge in [-0.25, -0.2) is 24.1 Å². The fourth-order valence-electron chi connectivity index (χ4n) is 3.91. The number of piperidine rings is 1. The van der Waals surface area contributed by atoms with E-state index in [4.69, 9.17) is 4.74 Å². The molecule has 0 bridgehead atoms. The fourth-order valence-corrected chi connectivity index (χ4v) is 3.91. The molecule has 0 radical (unpaired) electrons. The van der Waals surface area contributed by atoms with Crippen LogP contribution in [0, 0.1) is 23.1 Å². The van der Waals surface area contributed by atoms with Gasteiger partial charge in [-0.05, 0) is 58.1 Å². The van der Waals surface area contributed by atoms with Gasteiger partial charge in [-0.1, -0.05) is 0 Å². The Balaban J connectivity index is 1.58. The van der Waals surface area contributed by atoms with Crippen LogP contribution in [0.15, 0.2) is 30.7 Å². The summed E-state index contributed by atoms with van der Waals surface area (Å²) in [6, 6.07) is 5.08. The molecule has 0 spiro atoms. The number of carbonyl (C=O) groups excluding carboxylic acids is 1. The standard InChI is InChI=1S/C23H25FN6O2/c1-23(2,3)32-22(31)29-8-4-5-15(13-29)9-18-16(10-25)11-27-21(28-18)19-12-26-20-7-6-17(24)14-30(19)20/h6-7,11-12,14-15H,4-5,8-9,13H2,1-3H3/t15-/m0/s1. The number of ether oxygens (including phenoxy) is 1. The van der Waals surface area contributed by atoms with Gasteiger partial charge in [0, 0.05) is 25.5 Å². The molecule has 1 aliphatic heterocycles. The van der Waals surface area contributed by atoms with Crippen molar-refractivity contribution in [3.8, 4) is 17.6 Å². The number of nitriles is 1. The molecule has 9 heteroatoms. The summed E-state index contributed by atoms with van der Waals surface area (Å²) in [5.74, 6) is 0.123. The average Bonchev–Trinajstić information content (AvgIpc) is 3.15. The van der Waals surface area contributed by atoms with E-state index in [1.54, 1.807) is 21.6 Å². The molecular formula is C23H25FN6O2. The van der Waals surface area contributed by atoms with Gasteiger partial charge in [0.15, 0.2) is 5.82 Å². The van der Waals surface area contributed by atoms with Gasteiger partial charge >= 0.3 is 6.09 Å². The average molecular weight is 436 g/mol. The van der Waals surface area contributed by atoms with Crippen LogP contribution in [0.5, 0.6) is 0 Å². The first kappa shape index (κ1) is 21.7. The number of halogens is 1. The number of nitrogens with zero attached hydrogens (tertiary/aromatic N) is 6. The van der Waals surface area contributed by atoms with Crippen molar-refractivity contribution in [3.63, 3.8) is 0 Å². The molecule has 3 aromatic heterocycles. The number of likely N-dealkylation sites (tertiary alicyclic amines) is 1. The molecule has 0 unspecified atom stereocenters. The Hall–Kier alpha value is -3.54. The maximum absolute atomic E-state index is 13.7. The van der Waals surface area contributed by atoms with Gasteiger partial charge in [-0.3, -0.25) is 4.40 Å². The van der Waals surface area contributed by atoms with E-state index in [9.17, 15) is 14.4 Å². The molecule has 1 aliphatic rings. The number of hydrogen-bond acceptors (Lipinski definition) is 6. The molecule has 0 N–H and O–H groups in total. The zero-order valence-electron chi connectivity index (χ0n) is 18.4. The van der Waals surface area contributed by atoms with Crippen LogP contribution in [0.4, 0.5) is 9.18 Å². The third kappa shape index (κ3) is 4.69. The number of hydrogen-bond donors (Lipinski definition) is 0. The van der Waals surface area contributed by atoms with E-state index in [-0.39, 0.29) is 12.0 Å². The number of aromatic nitrogens is 4. The molecule has 0 aliphatic carbocycles. The first-order valence-electron chi connectivity index (χ1n) is 10.6. The quantitative estimate of drug-likeness (QED) is 0.616. The molecule has 4 rings (SSSR count). The van der Waals surface area contributed by atoms with Gasteiger partial charge in [-0.15, -0.1) is 0 Å². The first-order valence-corrected chi connectivity index (χ1v) is 10.6. The predicted octanol–water partition coefficient (Wildman–Crippen LogP) is 3.99. The highest BCUT2D eigenvalue weighted by atomic mass is 19.1. The minimum absolute atomic E-state index is 0.144. The second-order valence-electron chi connectivity index (χ2n) is 9.02. The van der Waals surface area contributed by atoms with Gasteiger partial charge in [0.25, 0.3) is 0 Å².